The van der Waals surface area contributed by atoms with Crippen molar-refractivity contribution in [3.63, 3.8) is 0 Å². The molecule has 0 amide bonds. The molecule has 4 heteroatoms. The summed E-state index contributed by atoms with van der Waals surface area (Å²) in [7, 11) is 0. The van der Waals surface area contributed by atoms with Crippen LogP contribution >= 0.6 is 11.6 Å². The summed E-state index contributed by atoms with van der Waals surface area (Å²) in [6.45, 7) is 9.46. The molecule has 0 spiro atoms. The first-order valence-corrected chi connectivity index (χ1v) is 6.57. The molecule has 96 valence electrons. The van der Waals surface area contributed by atoms with Crippen molar-refractivity contribution >= 4 is 17.4 Å². The lowest BCUT2D eigenvalue weighted by molar-refractivity contribution is 0.236. The predicted molar refractivity (Wildman–Crippen MR) is 74.1 cm³/mol. The highest BCUT2D eigenvalue weighted by molar-refractivity contribution is 6.31. The molecular weight excluding hydrogens is 234 g/mol. The van der Waals surface area contributed by atoms with E-state index >= 15 is 0 Å². The zero-order chi connectivity index (χ0) is 12.8. The van der Waals surface area contributed by atoms with Crippen LogP contribution in [0.1, 0.15) is 32.9 Å². The Hall–Kier alpha value is -0.800. The molecule has 0 fully saturated rings. The molecule has 2 N–H and O–H groups in total. The summed E-state index contributed by atoms with van der Waals surface area (Å²) in [6, 6.07) is 3.55. The van der Waals surface area contributed by atoms with Crippen LogP contribution in [0.4, 0.5) is 5.82 Å². The van der Waals surface area contributed by atoms with Crippen LogP contribution in [0.25, 0.3) is 0 Å². The number of nitrogen functional groups attached to an aromatic ring is 1. The molecule has 1 aromatic rings. The minimum Gasteiger partial charge on any atom is -0.384 e. The van der Waals surface area contributed by atoms with Crippen molar-refractivity contribution in [2.24, 2.45) is 5.92 Å². The van der Waals surface area contributed by atoms with Gasteiger partial charge in [0.05, 0.1) is 10.7 Å². The second-order valence-electron chi connectivity index (χ2n) is 4.51. The average Bonchev–Trinajstić information content (AvgIpc) is 2.32. The number of rotatable bonds is 6. The Kier molecular flexibility index (Phi) is 5.72. The molecule has 1 atom stereocenters. The van der Waals surface area contributed by atoms with Crippen molar-refractivity contribution in [1.82, 2.24) is 9.88 Å². The highest BCUT2D eigenvalue weighted by Crippen LogP contribution is 2.18. The van der Waals surface area contributed by atoms with Crippen LogP contribution in [0.3, 0.4) is 0 Å². The number of aromatic nitrogens is 1. The predicted octanol–water partition coefficient (Wildman–Crippen LogP) is 3.19. The number of hydrogen-bond donors (Lipinski definition) is 1. The van der Waals surface area contributed by atoms with Crippen LogP contribution in [0.5, 0.6) is 0 Å². The summed E-state index contributed by atoms with van der Waals surface area (Å²) in [5.41, 5.74) is 6.56. The van der Waals surface area contributed by atoms with Gasteiger partial charge in [-0.05, 0) is 24.6 Å². The molecule has 0 aliphatic carbocycles. The van der Waals surface area contributed by atoms with E-state index in [0.717, 1.165) is 25.3 Å². The van der Waals surface area contributed by atoms with Crippen LogP contribution in [-0.2, 0) is 6.54 Å². The molecule has 0 aliphatic heterocycles. The fourth-order valence-electron chi connectivity index (χ4n) is 1.70. The lowest BCUT2D eigenvalue weighted by Gasteiger charge is -2.23. The Bertz CT molecular complexity index is 355. The summed E-state index contributed by atoms with van der Waals surface area (Å²) in [6.07, 6.45) is 1.19. The van der Waals surface area contributed by atoms with Crippen molar-refractivity contribution in [3.8, 4) is 0 Å². The van der Waals surface area contributed by atoms with Gasteiger partial charge in [0.15, 0.2) is 0 Å². The maximum absolute atomic E-state index is 6.12. The molecule has 0 bridgehead atoms. The molecule has 0 saturated carbocycles. The lowest BCUT2D eigenvalue weighted by Crippen LogP contribution is -2.28. The fourth-order valence-corrected chi connectivity index (χ4v) is 1.86. The minimum absolute atomic E-state index is 0.531. The van der Waals surface area contributed by atoms with E-state index in [-0.39, 0.29) is 0 Å². The number of hydrogen-bond acceptors (Lipinski definition) is 3. The zero-order valence-corrected chi connectivity index (χ0v) is 11.7. The molecule has 0 radical (unpaired) electrons. The second kappa shape index (κ2) is 6.82. The molecule has 0 aromatic carbocycles. The van der Waals surface area contributed by atoms with Crippen LogP contribution in [0, 0.1) is 5.92 Å². The highest BCUT2D eigenvalue weighted by atomic mass is 35.5. The van der Waals surface area contributed by atoms with Crippen molar-refractivity contribution in [2.75, 3.05) is 18.8 Å². The van der Waals surface area contributed by atoms with Gasteiger partial charge in [0, 0.05) is 13.1 Å². The van der Waals surface area contributed by atoms with E-state index in [9.17, 15) is 0 Å². The summed E-state index contributed by atoms with van der Waals surface area (Å²) in [5.74, 6) is 1.22. The minimum atomic E-state index is 0.531. The number of anilines is 1. The van der Waals surface area contributed by atoms with Crippen molar-refractivity contribution in [2.45, 2.75) is 33.7 Å². The third-order valence-electron chi connectivity index (χ3n) is 3.03. The largest absolute Gasteiger partial charge is 0.384 e. The van der Waals surface area contributed by atoms with Gasteiger partial charge >= 0.3 is 0 Å². The van der Waals surface area contributed by atoms with Gasteiger partial charge in [0.2, 0.25) is 0 Å². The van der Waals surface area contributed by atoms with Crippen LogP contribution in [0.15, 0.2) is 12.1 Å². The number of pyridine rings is 1. The second-order valence-corrected chi connectivity index (χ2v) is 4.91. The van der Waals surface area contributed by atoms with E-state index in [2.05, 4.69) is 30.7 Å². The van der Waals surface area contributed by atoms with E-state index in [0.29, 0.717) is 16.8 Å². The van der Waals surface area contributed by atoms with Crippen molar-refractivity contribution in [1.29, 1.82) is 0 Å². The van der Waals surface area contributed by atoms with Gasteiger partial charge in [0.1, 0.15) is 5.82 Å². The lowest BCUT2D eigenvalue weighted by atomic mass is 10.1. The molecule has 0 aliphatic rings. The Morgan fingerprint density at radius 2 is 2.12 bits per heavy atom. The molecule has 3 nitrogen and oxygen atoms in total. The van der Waals surface area contributed by atoms with Crippen molar-refractivity contribution in [3.05, 3.63) is 22.8 Å². The smallest absolute Gasteiger partial charge is 0.123 e. The van der Waals surface area contributed by atoms with Crippen LogP contribution in [0.2, 0.25) is 5.02 Å². The van der Waals surface area contributed by atoms with Gasteiger partial charge in [-0.15, -0.1) is 0 Å². The number of halogens is 1. The molecule has 1 aromatic heterocycles. The Balaban J connectivity index is 2.69. The first kappa shape index (κ1) is 14.3. The van der Waals surface area contributed by atoms with Gasteiger partial charge in [0.25, 0.3) is 0 Å². The summed E-state index contributed by atoms with van der Waals surface area (Å²) < 4.78 is 0. The fraction of sp³-hybridized carbons (Fsp3) is 0.615. The molecule has 17 heavy (non-hydrogen) atoms. The summed E-state index contributed by atoms with van der Waals surface area (Å²) in [5, 5.41) is 0.696. The first-order chi connectivity index (χ1) is 8.06. The molecular formula is C13H22ClN3. The third-order valence-corrected chi connectivity index (χ3v) is 3.37. The van der Waals surface area contributed by atoms with E-state index in [4.69, 9.17) is 17.3 Å². The van der Waals surface area contributed by atoms with Gasteiger partial charge < -0.3 is 5.73 Å². The maximum atomic E-state index is 6.12. The topological polar surface area (TPSA) is 42.2 Å². The number of nitrogens with zero attached hydrogens (tertiary/aromatic N) is 2. The van der Waals surface area contributed by atoms with E-state index in [1.165, 1.54) is 6.42 Å². The standard InChI is InChI=1S/C13H22ClN3/c1-4-10(3)8-17(5-2)9-12-11(14)6-7-13(15)16-12/h6-7,10H,4-5,8-9H2,1-3H3,(H2,15,16). The first-order valence-electron chi connectivity index (χ1n) is 6.20. The SMILES string of the molecule is CCC(C)CN(CC)Cc1nc(N)ccc1Cl. The Labute approximate surface area is 109 Å². The maximum Gasteiger partial charge on any atom is 0.123 e. The van der Waals surface area contributed by atoms with Crippen molar-refractivity contribution < 1.29 is 0 Å². The van der Waals surface area contributed by atoms with Gasteiger partial charge in [-0.3, -0.25) is 4.90 Å². The molecule has 1 rings (SSSR count). The normalized spacial score (nSPS) is 13.0. The quantitative estimate of drug-likeness (QED) is 0.849. The third kappa shape index (κ3) is 4.52. The summed E-state index contributed by atoms with van der Waals surface area (Å²) in [4.78, 5) is 6.65. The Morgan fingerprint density at radius 3 is 2.71 bits per heavy atom. The number of nitrogens with two attached hydrogens (primary N) is 1. The van der Waals surface area contributed by atoms with E-state index in [1.54, 1.807) is 6.07 Å². The average molecular weight is 256 g/mol. The molecule has 1 unspecified atom stereocenters. The van der Waals surface area contributed by atoms with Gasteiger partial charge in [-0.2, -0.15) is 0 Å². The van der Waals surface area contributed by atoms with E-state index in [1.807, 2.05) is 6.07 Å². The summed E-state index contributed by atoms with van der Waals surface area (Å²) >= 11 is 6.12. The molecule has 1 heterocycles. The van der Waals surface area contributed by atoms with E-state index < -0.39 is 0 Å². The van der Waals surface area contributed by atoms with Gasteiger partial charge in [-0.1, -0.05) is 38.8 Å². The molecule has 0 saturated heterocycles. The van der Waals surface area contributed by atoms with Crippen LogP contribution < -0.4 is 5.73 Å². The zero-order valence-electron chi connectivity index (χ0n) is 10.9. The highest BCUT2D eigenvalue weighted by Gasteiger charge is 2.11. The van der Waals surface area contributed by atoms with Crippen LogP contribution in [-0.4, -0.2) is 23.0 Å². The monoisotopic (exact) mass is 255 g/mol. The Morgan fingerprint density at radius 1 is 1.41 bits per heavy atom. The van der Waals surface area contributed by atoms with Gasteiger partial charge in [-0.25, -0.2) is 4.98 Å².